The summed E-state index contributed by atoms with van der Waals surface area (Å²) in [6.07, 6.45) is 6.85. The average Bonchev–Trinajstić information content (AvgIpc) is 2.97. The summed E-state index contributed by atoms with van der Waals surface area (Å²) in [6.45, 7) is 5.97. The van der Waals surface area contributed by atoms with Crippen molar-refractivity contribution in [2.24, 2.45) is 5.92 Å². The third kappa shape index (κ3) is 3.07. The molecule has 3 rings (SSSR count). The maximum atomic E-state index is 3.80. The molecule has 0 aliphatic carbocycles. The number of hydrogen-bond acceptors (Lipinski definition) is 2. The Balaban J connectivity index is 1.70. The van der Waals surface area contributed by atoms with Crippen molar-refractivity contribution in [3.8, 4) is 0 Å². The molecule has 0 bridgehead atoms. The summed E-state index contributed by atoms with van der Waals surface area (Å²) in [4.78, 5) is 2.74. The molecule has 110 valence electrons. The lowest BCUT2D eigenvalue weighted by Crippen LogP contribution is -2.51. The molecule has 2 aliphatic rings. The minimum absolute atomic E-state index is 0.726. The van der Waals surface area contributed by atoms with Crippen LogP contribution in [-0.4, -0.2) is 30.1 Å². The van der Waals surface area contributed by atoms with Crippen LogP contribution in [0.5, 0.6) is 0 Å². The first kappa shape index (κ1) is 14.1. The standard InChI is InChI=1S/C18H28N2/c1-2-16-11-12-19-18(16)17-10-6-7-13-20(17)14-15-8-4-3-5-9-15/h3-5,8-9,16-19H,2,6-7,10-14H2,1H3. The van der Waals surface area contributed by atoms with Crippen LogP contribution >= 0.6 is 0 Å². The van der Waals surface area contributed by atoms with E-state index in [4.69, 9.17) is 0 Å². The Kier molecular flexibility index (Phi) is 4.74. The summed E-state index contributed by atoms with van der Waals surface area (Å²) in [5.74, 6) is 0.886. The second-order valence-electron chi connectivity index (χ2n) is 6.46. The monoisotopic (exact) mass is 272 g/mol. The van der Waals surface area contributed by atoms with Crippen molar-refractivity contribution in [1.82, 2.24) is 10.2 Å². The van der Waals surface area contributed by atoms with Gasteiger partial charge in [0.1, 0.15) is 0 Å². The van der Waals surface area contributed by atoms with E-state index >= 15 is 0 Å². The summed E-state index contributed by atoms with van der Waals surface area (Å²) >= 11 is 0. The average molecular weight is 272 g/mol. The Labute approximate surface area is 123 Å². The number of hydrogen-bond donors (Lipinski definition) is 1. The number of benzene rings is 1. The van der Waals surface area contributed by atoms with Gasteiger partial charge in [-0.2, -0.15) is 0 Å². The van der Waals surface area contributed by atoms with Crippen molar-refractivity contribution >= 4 is 0 Å². The van der Waals surface area contributed by atoms with Gasteiger partial charge in [-0.3, -0.25) is 4.90 Å². The SMILES string of the molecule is CCC1CCNC1C1CCCCN1Cc1ccccc1. The molecule has 2 aliphatic heterocycles. The van der Waals surface area contributed by atoms with Crippen LogP contribution in [0.3, 0.4) is 0 Å². The van der Waals surface area contributed by atoms with Crippen LogP contribution in [-0.2, 0) is 6.54 Å². The fraction of sp³-hybridized carbons (Fsp3) is 0.667. The summed E-state index contributed by atoms with van der Waals surface area (Å²) in [7, 11) is 0. The van der Waals surface area contributed by atoms with Gasteiger partial charge in [-0.05, 0) is 43.8 Å². The highest BCUT2D eigenvalue weighted by atomic mass is 15.2. The molecule has 2 saturated heterocycles. The van der Waals surface area contributed by atoms with E-state index in [1.807, 2.05) is 0 Å². The van der Waals surface area contributed by atoms with Crippen LogP contribution in [0, 0.1) is 5.92 Å². The van der Waals surface area contributed by atoms with Gasteiger partial charge in [-0.25, -0.2) is 0 Å². The van der Waals surface area contributed by atoms with E-state index < -0.39 is 0 Å². The fourth-order valence-corrected chi connectivity index (χ4v) is 4.13. The number of nitrogens with one attached hydrogen (secondary N) is 1. The minimum Gasteiger partial charge on any atom is -0.312 e. The molecule has 0 spiro atoms. The smallest absolute Gasteiger partial charge is 0.0255 e. The maximum absolute atomic E-state index is 3.80. The van der Waals surface area contributed by atoms with E-state index in [9.17, 15) is 0 Å². The van der Waals surface area contributed by atoms with Crippen LogP contribution in [0.15, 0.2) is 30.3 Å². The zero-order chi connectivity index (χ0) is 13.8. The first-order valence-electron chi connectivity index (χ1n) is 8.40. The van der Waals surface area contributed by atoms with Gasteiger partial charge in [-0.15, -0.1) is 0 Å². The Morgan fingerprint density at radius 1 is 1.15 bits per heavy atom. The quantitative estimate of drug-likeness (QED) is 0.903. The van der Waals surface area contributed by atoms with E-state index in [0.29, 0.717) is 0 Å². The van der Waals surface area contributed by atoms with Crippen molar-refractivity contribution in [3.63, 3.8) is 0 Å². The summed E-state index contributed by atoms with van der Waals surface area (Å²) in [5.41, 5.74) is 1.46. The van der Waals surface area contributed by atoms with Gasteiger partial charge in [0.05, 0.1) is 0 Å². The molecule has 3 unspecified atom stereocenters. The van der Waals surface area contributed by atoms with Crippen molar-refractivity contribution < 1.29 is 0 Å². The molecule has 2 nitrogen and oxygen atoms in total. The van der Waals surface area contributed by atoms with Crippen molar-refractivity contribution in [3.05, 3.63) is 35.9 Å². The lowest BCUT2D eigenvalue weighted by atomic mass is 9.86. The van der Waals surface area contributed by atoms with Gasteiger partial charge in [0.25, 0.3) is 0 Å². The fourth-order valence-electron chi connectivity index (χ4n) is 4.13. The van der Waals surface area contributed by atoms with Gasteiger partial charge in [0.15, 0.2) is 0 Å². The molecule has 2 heterocycles. The highest BCUT2D eigenvalue weighted by molar-refractivity contribution is 5.15. The normalized spacial score (nSPS) is 31.6. The highest BCUT2D eigenvalue weighted by Crippen LogP contribution is 2.30. The topological polar surface area (TPSA) is 15.3 Å². The zero-order valence-electron chi connectivity index (χ0n) is 12.7. The van der Waals surface area contributed by atoms with E-state index in [0.717, 1.165) is 24.5 Å². The number of nitrogens with zero attached hydrogens (tertiary/aromatic N) is 1. The number of piperidine rings is 1. The molecule has 0 amide bonds. The molecule has 1 aromatic carbocycles. The first-order valence-corrected chi connectivity index (χ1v) is 8.40. The second-order valence-corrected chi connectivity index (χ2v) is 6.46. The Morgan fingerprint density at radius 2 is 2.00 bits per heavy atom. The molecule has 1 aromatic rings. The van der Waals surface area contributed by atoms with E-state index in [1.165, 1.54) is 50.8 Å². The van der Waals surface area contributed by atoms with Crippen molar-refractivity contribution in [2.45, 2.75) is 57.7 Å². The summed E-state index contributed by atoms with van der Waals surface area (Å²) < 4.78 is 0. The van der Waals surface area contributed by atoms with Crippen LogP contribution in [0.25, 0.3) is 0 Å². The van der Waals surface area contributed by atoms with E-state index in [-0.39, 0.29) is 0 Å². The summed E-state index contributed by atoms with van der Waals surface area (Å²) in [5, 5.41) is 3.80. The van der Waals surface area contributed by atoms with Crippen LogP contribution in [0.1, 0.15) is 44.6 Å². The highest BCUT2D eigenvalue weighted by Gasteiger charge is 2.36. The third-order valence-electron chi connectivity index (χ3n) is 5.23. The lowest BCUT2D eigenvalue weighted by molar-refractivity contribution is 0.0973. The first-order chi connectivity index (χ1) is 9.88. The van der Waals surface area contributed by atoms with Crippen molar-refractivity contribution in [1.29, 1.82) is 0 Å². The molecule has 0 saturated carbocycles. The van der Waals surface area contributed by atoms with Gasteiger partial charge >= 0.3 is 0 Å². The molecule has 0 aromatic heterocycles. The molecule has 1 N–H and O–H groups in total. The van der Waals surface area contributed by atoms with Crippen LogP contribution in [0.2, 0.25) is 0 Å². The molecule has 0 radical (unpaired) electrons. The predicted octanol–water partition coefficient (Wildman–Crippen LogP) is 3.43. The molecular formula is C18H28N2. The Morgan fingerprint density at radius 3 is 2.80 bits per heavy atom. The number of rotatable bonds is 4. The van der Waals surface area contributed by atoms with E-state index in [1.54, 1.807) is 0 Å². The van der Waals surface area contributed by atoms with Gasteiger partial charge in [0, 0.05) is 18.6 Å². The lowest BCUT2D eigenvalue weighted by Gasteiger charge is -2.41. The maximum Gasteiger partial charge on any atom is 0.0255 e. The van der Waals surface area contributed by atoms with Crippen LogP contribution in [0.4, 0.5) is 0 Å². The molecule has 3 atom stereocenters. The minimum atomic E-state index is 0.726. The van der Waals surface area contributed by atoms with Gasteiger partial charge < -0.3 is 5.32 Å². The predicted molar refractivity (Wildman–Crippen MR) is 84.7 cm³/mol. The molecular weight excluding hydrogens is 244 g/mol. The molecule has 20 heavy (non-hydrogen) atoms. The van der Waals surface area contributed by atoms with Gasteiger partial charge in [-0.1, -0.05) is 50.1 Å². The van der Waals surface area contributed by atoms with Crippen LogP contribution < -0.4 is 5.32 Å². The Bertz CT molecular complexity index is 403. The molecule has 2 fully saturated rings. The molecule has 2 heteroatoms. The zero-order valence-corrected chi connectivity index (χ0v) is 12.7. The second kappa shape index (κ2) is 6.73. The third-order valence-corrected chi connectivity index (χ3v) is 5.23. The van der Waals surface area contributed by atoms with Crippen molar-refractivity contribution in [2.75, 3.05) is 13.1 Å². The number of likely N-dealkylation sites (tertiary alicyclic amines) is 1. The Hall–Kier alpha value is -0.860. The van der Waals surface area contributed by atoms with Gasteiger partial charge in [0.2, 0.25) is 0 Å². The summed E-state index contributed by atoms with van der Waals surface area (Å²) in [6, 6.07) is 12.5. The van der Waals surface area contributed by atoms with E-state index in [2.05, 4.69) is 47.5 Å². The largest absolute Gasteiger partial charge is 0.312 e.